The molecule has 1 N–H and O–H groups in total. The molecule has 0 atom stereocenters. The first-order valence-corrected chi connectivity index (χ1v) is 5.37. The summed E-state index contributed by atoms with van der Waals surface area (Å²) < 4.78 is 5.63. The first-order chi connectivity index (χ1) is 8.38. The Morgan fingerprint density at radius 1 is 1.12 bits per heavy atom. The van der Waals surface area contributed by atoms with Gasteiger partial charge in [-0.2, -0.15) is 0 Å². The first-order valence-electron chi connectivity index (χ1n) is 5.37. The molecule has 0 saturated heterocycles. The Morgan fingerprint density at radius 2 is 2.00 bits per heavy atom. The minimum atomic E-state index is 0.563. The molecule has 0 aliphatic carbocycles. The molecule has 0 aliphatic rings. The van der Waals surface area contributed by atoms with Gasteiger partial charge in [0, 0.05) is 18.9 Å². The van der Waals surface area contributed by atoms with Gasteiger partial charge in [0.25, 0.3) is 0 Å². The number of oxazole rings is 1. The Morgan fingerprint density at radius 3 is 2.82 bits per heavy atom. The van der Waals surface area contributed by atoms with Crippen molar-refractivity contribution in [3.05, 3.63) is 42.6 Å². The number of rotatable bonds is 2. The Bertz CT molecular complexity index is 627. The average molecular weight is 225 g/mol. The largest absolute Gasteiger partial charge is 0.418 e. The highest BCUT2D eigenvalue weighted by Gasteiger charge is 2.11. The van der Waals surface area contributed by atoms with Crippen LogP contribution in [0, 0.1) is 0 Å². The van der Waals surface area contributed by atoms with Gasteiger partial charge in [0.05, 0.1) is 5.56 Å². The highest BCUT2D eigenvalue weighted by atomic mass is 16.4. The summed E-state index contributed by atoms with van der Waals surface area (Å²) in [5, 5.41) is 3.12. The van der Waals surface area contributed by atoms with Gasteiger partial charge in [-0.1, -0.05) is 12.1 Å². The van der Waals surface area contributed by atoms with E-state index in [4.69, 9.17) is 4.42 Å². The second-order valence-corrected chi connectivity index (χ2v) is 3.64. The van der Waals surface area contributed by atoms with Crippen LogP contribution >= 0.6 is 0 Å². The van der Waals surface area contributed by atoms with Crippen LogP contribution in [0.2, 0.25) is 0 Å². The summed E-state index contributed by atoms with van der Waals surface area (Å²) in [7, 11) is 1.87. The van der Waals surface area contributed by atoms with Crippen molar-refractivity contribution in [1.29, 1.82) is 0 Å². The van der Waals surface area contributed by atoms with Crippen LogP contribution in [0.25, 0.3) is 22.7 Å². The van der Waals surface area contributed by atoms with Crippen molar-refractivity contribution in [3.8, 4) is 11.5 Å². The molecule has 0 spiro atoms. The van der Waals surface area contributed by atoms with Crippen molar-refractivity contribution in [3.63, 3.8) is 0 Å². The molecule has 84 valence electrons. The molecular weight excluding hydrogens is 214 g/mol. The maximum Gasteiger partial charge on any atom is 0.247 e. The van der Waals surface area contributed by atoms with Gasteiger partial charge < -0.3 is 9.73 Å². The Balaban J connectivity index is 2.20. The lowest BCUT2D eigenvalue weighted by Gasteiger charge is -2.04. The molecule has 4 heteroatoms. The van der Waals surface area contributed by atoms with Gasteiger partial charge in [-0.15, -0.1) is 0 Å². The van der Waals surface area contributed by atoms with Crippen molar-refractivity contribution in [2.75, 3.05) is 12.4 Å². The normalized spacial score (nSPS) is 10.6. The minimum absolute atomic E-state index is 0.563. The van der Waals surface area contributed by atoms with Gasteiger partial charge >= 0.3 is 0 Å². The third-order valence-corrected chi connectivity index (χ3v) is 2.59. The third-order valence-electron chi connectivity index (χ3n) is 2.59. The fourth-order valence-electron chi connectivity index (χ4n) is 1.77. The molecule has 2 heterocycles. The third kappa shape index (κ3) is 1.63. The van der Waals surface area contributed by atoms with Crippen molar-refractivity contribution in [2.45, 2.75) is 0 Å². The van der Waals surface area contributed by atoms with Gasteiger partial charge in [-0.05, 0) is 24.3 Å². The number of nitrogens with one attached hydrogen (secondary N) is 1. The monoisotopic (exact) mass is 225 g/mol. The number of aromatic nitrogens is 2. The number of anilines is 1. The lowest BCUT2D eigenvalue weighted by atomic mass is 10.2. The molecule has 3 rings (SSSR count). The molecule has 3 aromatic rings. The zero-order valence-electron chi connectivity index (χ0n) is 9.34. The van der Waals surface area contributed by atoms with Crippen molar-refractivity contribution < 1.29 is 4.42 Å². The molecular formula is C13H11N3O. The van der Waals surface area contributed by atoms with Gasteiger partial charge in [0.2, 0.25) is 11.6 Å². The number of hydrogen-bond donors (Lipinski definition) is 1. The fraction of sp³-hybridized carbons (Fsp3) is 0.0769. The van der Waals surface area contributed by atoms with E-state index in [-0.39, 0.29) is 0 Å². The zero-order valence-corrected chi connectivity index (χ0v) is 9.34. The van der Waals surface area contributed by atoms with Crippen LogP contribution in [0.1, 0.15) is 0 Å². The summed E-state index contributed by atoms with van der Waals surface area (Å²) >= 11 is 0. The summed E-state index contributed by atoms with van der Waals surface area (Å²) in [4.78, 5) is 8.56. The average Bonchev–Trinajstić information content (AvgIpc) is 2.82. The van der Waals surface area contributed by atoms with E-state index in [1.54, 1.807) is 6.20 Å². The maximum absolute atomic E-state index is 5.63. The lowest BCUT2D eigenvalue weighted by molar-refractivity contribution is 0.608. The first kappa shape index (κ1) is 9.84. The summed E-state index contributed by atoms with van der Waals surface area (Å²) in [6.45, 7) is 0. The highest BCUT2D eigenvalue weighted by Crippen LogP contribution is 2.28. The summed E-state index contributed by atoms with van der Waals surface area (Å²) in [6.07, 6.45) is 1.70. The summed E-state index contributed by atoms with van der Waals surface area (Å²) in [6, 6.07) is 11.6. The van der Waals surface area contributed by atoms with Crippen LogP contribution in [0.3, 0.4) is 0 Å². The summed E-state index contributed by atoms with van der Waals surface area (Å²) in [5.74, 6) is 0.587. The second-order valence-electron chi connectivity index (χ2n) is 3.64. The van der Waals surface area contributed by atoms with E-state index in [0.29, 0.717) is 11.6 Å². The smallest absolute Gasteiger partial charge is 0.247 e. The van der Waals surface area contributed by atoms with E-state index >= 15 is 0 Å². The second kappa shape index (κ2) is 3.90. The fourth-order valence-corrected chi connectivity index (χ4v) is 1.77. The molecule has 0 unspecified atom stereocenters. The van der Waals surface area contributed by atoms with Gasteiger partial charge in [-0.3, -0.25) is 0 Å². The van der Waals surface area contributed by atoms with Crippen molar-refractivity contribution in [2.24, 2.45) is 0 Å². The quantitative estimate of drug-likeness (QED) is 0.728. The van der Waals surface area contributed by atoms with E-state index in [1.165, 1.54) is 0 Å². The molecule has 17 heavy (non-hydrogen) atoms. The molecule has 0 aliphatic heterocycles. The predicted molar refractivity (Wildman–Crippen MR) is 66.8 cm³/mol. The molecule has 0 radical (unpaired) electrons. The van der Waals surface area contributed by atoms with Crippen LogP contribution in [0.4, 0.5) is 5.69 Å². The standard InChI is InChI=1S/C13H11N3O/c1-14-10-6-3-2-5-9(10)12-16-11-7-4-8-15-13(11)17-12/h2-8,14H,1H3. The van der Waals surface area contributed by atoms with E-state index in [1.807, 2.05) is 43.4 Å². The van der Waals surface area contributed by atoms with E-state index < -0.39 is 0 Å². The lowest BCUT2D eigenvalue weighted by Crippen LogP contribution is -1.91. The Hall–Kier alpha value is -2.36. The highest BCUT2D eigenvalue weighted by molar-refractivity contribution is 5.78. The van der Waals surface area contributed by atoms with Crippen LogP contribution in [-0.4, -0.2) is 17.0 Å². The topological polar surface area (TPSA) is 51.0 Å². The number of pyridine rings is 1. The Labute approximate surface area is 98.3 Å². The van der Waals surface area contributed by atoms with Crippen LogP contribution < -0.4 is 5.32 Å². The molecule has 0 fully saturated rings. The van der Waals surface area contributed by atoms with Gasteiger partial charge in [0.1, 0.15) is 5.52 Å². The Kier molecular flexibility index (Phi) is 2.26. The van der Waals surface area contributed by atoms with E-state index in [0.717, 1.165) is 16.8 Å². The van der Waals surface area contributed by atoms with Gasteiger partial charge in [-0.25, -0.2) is 9.97 Å². The van der Waals surface area contributed by atoms with E-state index in [2.05, 4.69) is 15.3 Å². The molecule has 0 amide bonds. The van der Waals surface area contributed by atoms with Crippen molar-refractivity contribution in [1.82, 2.24) is 9.97 Å². The van der Waals surface area contributed by atoms with Crippen LogP contribution in [-0.2, 0) is 0 Å². The van der Waals surface area contributed by atoms with Gasteiger partial charge in [0.15, 0.2) is 0 Å². The molecule has 1 aromatic carbocycles. The predicted octanol–water partition coefficient (Wildman–Crippen LogP) is 2.93. The number of para-hydroxylation sites is 1. The van der Waals surface area contributed by atoms with Crippen LogP contribution in [0.15, 0.2) is 47.0 Å². The van der Waals surface area contributed by atoms with Crippen LogP contribution in [0.5, 0.6) is 0 Å². The molecule has 2 aromatic heterocycles. The minimum Gasteiger partial charge on any atom is -0.418 e. The van der Waals surface area contributed by atoms with Crippen molar-refractivity contribution >= 4 is 16.9 Å². The zero-order chi connectivity index (χ0) is 11.7. The molecule has 0 saturated carbocycles. The number of fused-ring (bicyclic) bond motifs is 1. The summed E-state index contributed by atoms with van der Waals surface area (Å²) in [5.41, 5.74) is 3.26. The van der Waals surface area contributed by atoms with E-state index in [9.17, 15) is 0 Å². The molecule has 4 nitrogen and oxygen atoms in total. The molecule has 0 bridgehead atoms. The number of nitrogens with zero attached hydrogens (tertiary/aromatic N) is 2. The number of hydrogen-bond acceptors (Lipinski definition) is 4. The number of benzene rings is 1. The maximum atomic E-state index is 5.63. The SMILES string of the molecule is CNc1ccccc1-c1nc2cccnc2o1.